The van der Waals surface area contributed by atoms with E-state index in [0.717, 1.165) is 78.6 Å². The van der Waals surface area contributed by atoms with Gasteiger partial charge in [0.25, 0.3) is 6.33 Å². The SMILES string of the molecule is CC(C)(C)c1ccnc(-n2c3ccccc3c3ccc(N(c4ccccc4)c4cccc(-n5[c-][n+]6c7c(cccc75)-c5ccccc5-c5ccccc5-c5cccc(-c7ccccc7)c5-6)c4)cc32)c1. The van der Waals surface area contributed by atoms with Gasteiger partial charge in [-0.25, -0.2) is 4.98 Å². The first-order valence-electron chi connectivity index (χ1n) is 23.7. The molecule has 1 aliphatic heterocycles. The second-order valence-electron chi connectivity index (χ2n) is 19.0. The second kappa shape index (κ2) is 15.9. The van der Waals surface area contributed by atoms with Crippen molar-refractivity contribution in [3.63, 3.8) is 0 Å². The zero-order chi connectivity index (χ0) is 46.2. The Labute approximate surface area is 402 Å². The molecule has 3 aromatic heterocycles. The van der Waals surface area contributed by atoms with Crippen molar-refractivity contribution in [2.24, 2.45) is 0 Å². The molecule has 0 saturated heterocycles. The van der Waals surface area contributed by atoms with Crippen LogP contribution in [0.25, 0.3) is 94.5 Å². The van der Waals surface area contributed by atoms with Crippen molar-refractivity contribution in [3.8, 4) is 61.7 Å². The summed E-state index contributed by atoms with van der Waals surface area (Å²) in [6.45, 7) is 6.77. The van der Waals surface area contributed by atoms with Gasteiger partial charge in [-0.15, -0.1) is 0 Å². The summed E-state index contributed by atoms with van der Waals surface area (Å²) in [7, 11) is 0. The monoisotopic (exact) mass is 885 g/mol. The number of fused-ring (bicyclic) bond motifs is 10. The summed E-state index contributed by atoms with van der Waals surface area (Å²) >= 11 is 0. The summed E-state index contributed by atoms with van der Waals surface area (Å²) in [5.74, 6) is 0.907. The molecule has 0 N–H and O–H groups in total. The van der Waals surface area contributed by atoms with Crippen LogP contribution < -0.4 is 9.47 Å². The Balaban J connectivity index is 1.05. The molecule has 12 aromatic rings. The van der Waals surface area contributed by atoms with E-state index in [9.17, 15) is 0 Å². The molecule has 69 heavy (non-hydrogen) atoms. The van der Waals surface area contributed by atoms with Gasteiger partial charge in [0.15, 0.2) is 0 Å². The number of benzene rings is 9. The van der Waals surface area contributed by atoms with Gasteiger partial charge < -0.3 is 4.90 Å². The smallest absolute Gasteiger partial charge is 0.269 e. The van der Waals surface area contributed by atoms with Gasteiger partial charge in [-0.05, 0) is 116 Å². The number of hydrogen-bond donors (Lipinski definition) is 0. The Morgan fingerprint density at radius 2 is 1.01 bits per heavy atom. The van der Waals surface area contributed by atoms with E-state index in [2.05, 4.69) is 270 Å². The molecule has 5 nitrogen and oxygen atoms in total. The second-order valence-corrected chi connectivity index (χ2v) is 19.0. The first kappa shape index (κ1) is 40.5. The molecule has 5 heteroatoms. The molecule has 0 unspecified atom stereocenters. The number of imidazole rings is 1. The van der Waals surface area contributed by atoms with Gasteiger partial charge in [0.1, 0.15) is 5.82 Å². The van der Waals surface area contributed by atoms with Crippen molar-refractivity contribution < 1.29 is 4.57 Å². The highest BCUT2D eigenvalue weighted by molar-refractivity contribution is 6.10. The Bertz CT molecular complexity index is 3950. The largest absolute Gasteiger partial charge is 0.311 e. The van der Waals surface area contributed by atoms with E-state index in [0.29, 0.717) is 0 Å². The fourth-order valence-corrected chi connectivity index (χ4v) is 10.6. The van der Waals surface area contributed by atoms with E-state index in [1.54, 1.807) is 0 Å². The highest BCUT2D eigenvalue weighted by Gasteiger charge is 2.27. The molecule has 328 valence electrons. The Hall–Kier alpha value is -8.80. The molecule has 9 aromatic carbocycles. The predicted octanol–water partition coefficient (Wildman–Crippen LogP) is 15.9. The lowest BCUT2D eigenvalue weighted by Gasteiger charge is -2.26. The molecule has 0 atom stereocenters. The van der Waals surface area contributed by atoms with Gasteiger partial charge in [0.05, 0.1) is 33.4 Å². The van der Waals surface area contributed by atoms with E-state index < -0.39 is 0 Å². The summed E-state index contributed by atoms with van der Waals surface area (Å²) in [4.78, 5) is 7.36. The zero-order valence-electron chi connectivity index (χ0n) is 38.7. The number of nitrogens with zero attached hydrogens (tertiary/aromatic N) is 5. The van der Waals surface area contributed by atoms with Crippen LogP contribution in [0, 0.1) is 6.33 Å². The van der Waals surface area contributed by atoms with Crippen LogP contribution in [0.3, 0.4) is 0 Å². The molecule has 0 aliphatic carbocycles. The van der Waals surface area contributed by atoms with Gasteiger partial charge in [0.2, 0.25) is 0 Å². The third-order valence-corrected chi connectivity index (χ3v) is 13.9. The van der Waals surface area contributed by atoms with Crippen molar-refractivity contribution >= 4 is 49.9 Å². The summed E-state index contributed by atoms with van der Waals surface area (Å²) in [5, 5.41) is 2.38. The molecule has 0 bridgehead atoms. The van der Waals surface area contributed by atoms with E-state index in [1.807, 2.05) is 6.20 Å². The number of para-hydroxylation sites is 4. The molecular weight excluding hydrogens is 839 g/mol. The third kappa shape index (κ3) is 6.61. The number of aromatic nitrogens is 4. The van der Waals surface area contributed by atoms with Crippen molar-refractivity contribution in [1.82, 2.24) is 14.1 Å². The maximum Gasteiger partial charge on any atom is 0.269 e. The van der Waals surface area contributed by atoms with Crippen molar-refractivity contribution in [2.75, 3.05) is 4.90 Å². The van der Waals surface area contributed by atoms with Gasteiger partial charge >= 0.3 is 0 Å². The molecule has 13 rings (SSSR count). The van der Waals surface area contributed by atoms with E-state index in [4.69, 9.17) is 4.98 Å². The van der Waals surface area contributed by atoms with E-state index >= 15 is 0 Å². The maximum atomic E-state index is 4.99. The van der Waals surface area contributed by atoms with Crippen LogP contribution in [0.2, 0.25) is 0 Å². The fourth-order valence-electron chi connectivity index (χ4n) is 10.6. The topological polar surface area (TPSA) is 29.9 Å². The van der Waals surface area contributed by atoms with Gasteiger partial charge in [0, 0.05) is 34.0 Å². The van der Waals surface area contributed by atoms with E-state index in [1.165, 1.54) is 38.6 Å². The maximum absolute atomic E-state index is 4.99. The van der Waals surface area contributed by atoms with Crippen LogP contribution in [0.1, 0.15) is 26.3 Å². The standard InChI is InChI=1S/C64H47N5/c1-64(2,3)44-37-38-65-61(39-44)69-58-33-15-14-29-54(58)55-36-35-48(41-60(55)69)68(45-21-8-5-9-22-45)47-24-16-23-46(40-47)66-42-67-62-49(43-19-6-4-7-20-43)30-17-31-56(62)52-27-12-10-25-50(52)51-26-11-13-28-53(51)57-32-18-34-59(66)63(57)67/h4-41H,1-3H3. The number of rotatable bonds is 6. The molecule has 0 saturated carbocycles. The minimum Gasteiger partial charge on any atom is -0.311 e. The van der Waals surface area contributed by atoms with Crippen molar-refractivity contribution in [3.05, 3.63) is 243 Å². The molecule has 4 heterocycles. The van der Waals surface area contributed by atoms with Crippen LogP contribution >= 0.6 is 0 Å². The Morgan fingerprint density at radius 1 is 0.449 bits per heavy atom. The summed E-state index contributed by atoms with van der Waals surface area (Å²) in [6.07, 6.45) is 5.95. The van der Waals surface area contributed by atoms with Crippen molar-refractivity contribution in [1.29, 1.82) is 0 Å². The molecule has 0 amide bonds. The molecule has 0 radical (unpaired) electrons. The van der Waals surface area contributed by atoms with Crippen LogP contribution in [-0.2, 0) is 5.41 Å². The minimum absolute atomic E-state index is 0.0287. The molecule has 0 spiro atoms. The zero-order valence-corrected chi connectivity index (χ0v) is 38.7. The first-order valence-corrected chi connectivity index (χ1v) is 23.7. The summed E-state index contributed by atoms with van der Waals surface area (Å²) in [5.41, 5.74) is 20.2. The Morgan fingerprint density at radius 3 is 1.78 bits per heavy atom. The minimum atomic E-state index is -0.0287. The highest BCUT2D eigenvalue weighted by atomic mass is 15.2. The van der Waals surface area contributed by atoms with E-state index in [-0.39, 0.29) is 5.41 Å². The van der Waals surface area contributed by atoms with Crippen LogP contribution in [0.5, 0.6) is 0 Å². The Kier molecular flexibility index (Phi) is 9.34. The predicted molar refractivity (Wildman–Crippen MR) is 284 cm³/mol. The molecular formula is C64H47N5. The van der Waals surface area contributed by atoms with Gasteiger partial charge in [-0.2, -0.15) is 0 Å². The summed E-state index contributed by atoms with van der Waals surface area (Å²) in [6, 6.07) is 81.3. The van der Waals surface area contributed by atoms with Crippen LogP contribution in [0.4, 0.5) is 17.1 Å². The average Bonchev–Trinajstić information content (AvgIpc) is 3.96. The normalized spacial score (nSPS) is 12.0. The molecule has 0 fully saturated rings. The van der Waals surface area contributed by atoms with Crippen LogP contribution in [0.15, 0.2) is 231 Å². The first-order chi connectivity index (χ1) is 33.9. The highest BCUT2D eigenvalue weighted by Crippen LogP contribution is 2.46. The van der Waals surface area contributed by atoms with Gasteiger partial charge in [-0.1, -0.05) is 185 Å². The van der Waals surface area contributed by atoms with Crippen molar-refractivity contribution in [2.45, 2.75) is 26.2 Å². The molecule has 1 aliphatic rings. The number of anilines is 3. The average molecular weight is 886 g/mol. The quantitative estimate of drug-likeness (QED) is 0.123. The fraction of sp³-hybridized carbons (Fsp3) is 0.0625. The number of hydrogen-bond acceptors (Lipinski definition) is 2. The van der Waals surface area contributed by atoms with Crippen LogP contribution in [-0.4, -0.2) is 14.1 Å². The van der Waals surface area contributed by atoms with Gasteiger partial charge in [-0.3, -0.25) is 13.7 Å². The lowest BCUT2D eigenvalue weighted by molar-refractivity contribution is -0.570. The lowest BCUT2D eigenvalue weighted by Crippen LogP contribution is -2.32. The lowest BCUT2D eigenvalue weighted by atomic mass is 9.88. The third-order valence-electron chi connectivity index (χ3n) is 13.9. The number of pyridine rings is 1. The summed E-state index contributed by atoms with van der Waals surface area (Å²) < 4.78 is 6.91.